The van der Waals surface area contributed by atoms with Gasteiger partial charge in [0.1, 0.15) is 5.76 Å². The average Bonchev–Trinajstić information content (AvgIpc) is 3.32. The maximum Gasteiger partial charge on any atom is 0.360 e. The molecule has 1 atom stereocenters. The van der Waals surface area contributed by atoms with Crippen LogP contribution in [0.5, 0.6) is 0 Å². The molecule has 0 saturated heterocycles. The number of nitrogens with one attached hydrogen (secondary N) is 2. The molecular weight excluding hydrogens is 360 g/mol. The van der Waals surface area contributed by atoms with Crippen LogP contribution in [0.15, 0.2) is 65.2 Å². The molecule has 2 heterocycles. The van der Waals surface area contributed by atoms with Gasteiger partial charge in [-0.3, -0.25) is 9.89 Å². The molecule has 4 rings (SSSR count). The second kappa shape index (κ2) is 7.36. The van der Waals surface area contributed by atoms with Crippen molar-refractivity contribution in [1.82, 2.24) is 15.4 Å². The van der Waals surface area contributed by atoms with Crippen LogP contribution >= 0.6 is 0 Å². The van der Waals surface area contributed by atoms with Gasteiger partial charge >= 0.3 is 5.97 Å². The number of aromatic amines is 1. The first-order chi connectivity index (χ1) is 13.6. The van der Waals surface area contributed by atoms with Crippen LogP contribution in [-0.4, -0.2) is 27.2 Å². The number of hydrogen-bond acceptors (Lipinski definition) is 6. The van der Waals surface area contributed by atoms with Crippen molar-refractivity contribution in [2.24, 2.45) is 0 Å². The van der Waals surface area contributed by atoms with E-state index in [4.69, 9.17) is 9.26 Å². The van der Waals surface area contributed by atoms with Gasteiger partial charge in [-0.25, -0.2) is 4.79 Å². The zero-order valence-corrected chi connectivity index (χ0v) is 14.9. The second-order valence-corrected chi connectivity index (χ2v) is 6.13. The van der Waals surface area contributed by atoms with Gasteiger partial charge in [0.2, 0.25) is 6.10 Å². The number of anilines is 1. The molecule has 0 radical (unpaired) electrons. The molecule has 0 unspecified atom stereocenters. The van der Waals surface area contributed by atoms with Crippen LogP contribution in [0, 0.1) is 6.92 Å². The second-order valence-electron chi connectivity index (χ2n) is 6.13. The number of hydrogen-bond donors (Lipinski definition) is 2. The predicted octanol–water partition coefficient (Wildman–Crippen LogP) is 3.40. The summed E-state index contributed by atoms with van der Waals surface area (Å²) in [6, 6.07) is 17.5. The van der Waals surface area contributed by atoms with E-state index in [0.29, 0.717) is 22.2 Å². The van der Waals surface area contributed by atoms with Crippen molar-refractivity contribution in [3.05, 3.63) is 77.7 Å². The standard InChI is InChI=1S/C20H16N4O4/c1-12-11-16(24-28-12)21-19(25)18(13-7-3-2-4-8-13)27-20(26)17-14-9-5-6-10-15(14)22-23-17/h2-11,18H,1H3,(H,22,23)(H,21,24,25)/t18-/m0/s1. The molecule has 8 heteroatoms. The first kappa shape index (κ1) is 17.5. The van der Waals surface area contributed by atoms with E-state index in [1.165, 1.54) is 0 Å². The fraction of sp³-hybridized carbons (Fsp3) is 0.100. The normalized spacial score (nSPS) is 11.9. The van der Waals surface area contributed by atoms with Crippen LogP contribution in [0.25, 0.3) is 10.9 Å². The van der Waals surface area contributed by atoms with Crippen LogP contribution in [0.3, 0.4) is 0 Å². The lowest BCUT2D eigenvalue weighted by Crippen LogP contribution is -2.26. The number of fused-ring (bicyclic) bond motifs is 1. The van der Waals surface area contributed by atoms with Gasteiger partial charge in [-0.15, -0.1) is 0 Å². The van der Waals surface area contributed by atoms with Crippen molar-refractivity contribution in [3.63, 3.8) is 0 Å². The summed E-state index contributed by atoms with van der Waals surface area (Å²) >= 11 is 0. The molecule has 0 aliphatic carbocycles. The highest BCUT2D eigenvalue weighted by atomic mass is 16.5. The van der Waals surface area contributed by atoms with Crippen LogP contribution in [0.1, 0.15) is 27.9 Å². The zero-order chi connectivity index (χ0) is 19.5. The minimum Gasteiger partial charge on any atom is -0.442 e. The molecule has 2 N–H and O–H groups in total. The minimum atomic E-state index is -1.18. The third kappa shape index (κ3) is 3.48. The fourth-order valence-electron chi connectivity index (χ4n) is 2.80. The largest absolute Gasteiger partial charge is 0.442 e. The molecular formula is C20H16N4O4. The summed E-state index contributed by atoms with van der Waals surface area (Å²) in [5.41, 5.74) is 1.34. The van der Waals surface area contributed by atoms with E-state index in [0.717, 1.165) is 0 Å². The lowest BCUT2D eigenvalue weighted by molar-refractivity contribution is -0.125. The number of ether oxygens (including phenoxy) is 1. The van der Waals surface area contributed by atoms with E-state index in [1.54, 1.807) is 55.5 Å². The van der Waals surface area contributed by atoms with E-state index in [2.05, 4.69) is 20.7 Å². The van der Waals surface area contributed by atoms with Crippen LogP contribution in [0.4, 0.5) is 5.82 Å². The molecule has 4 aromatic rings. The lowest BCUT2D eigenvalue weighted by Gasteiger charge is -2.16. The van der Waals surface area contributed by atoms with Gasteiger partial charge in [0.15, 0.2) is 11.5 Å². The summed E-state index contributed by atoms with van der Waals surface area (Å²) in [4.78, 5) is 25.5. The number of aryl methyl sites for hydroxylation is 1. The van der Waals surface area contributed by atoms with E-state index in [1.807, 2.05) is 12.1 Å². The predicted molar refractivity (Wildman–Crippen MR) is 101 cm³/mol. The van der Waals surface area contributed by atoms with Gasteiger partial charge < -0.3 is 14.6 Å². The Bertz CT molecular complexity index is 1130. The Morgan fingerprint density at radius 3 is 2.61 bits per heavy atom. The van der Waals surface area contributed by atoms with E-state index in [-0.39, 0.29) is 11.5 Å². The highest BCUT2D eigenvalue weighted by molar-refractivity contribution is 6.03. The molecule has 0 saturated carbocycles. The monoisotopic (exact) mass is 376 g/mol. The average molecular weight is 376 g/mol. The number of esters is 1. The molecule has 0 fully saturated rings. The molecule has 1 amide bonds. The van der Waals surface area contributed by atoms with Crippen LogP contribution in [-0.2, 0) is 9.53 Å². The number of para-hydroxylation sites is 1. The summed E-state index contributed by atoms with van der Waals surface area (Å²) < 4.78 is 10.5. The van der Waals surface area contributed by atoms with Gasteiger partial charge in [0.05, 0.1) is 5.52 Å². The Labute approximate surface area is 159 Å². The van der Waals surface area contributed by atoms with Crippen molar-refractivity contribution in [3.8, 4) is 0 Å². The first-order valence-corrected chi connectivity index (χ1v) is 8.55. The highest BCUT2D eigenvalue weighted by Crippen LogP contribution is 2.23. The maximum atomic E-state index is 12.8. The number of nitrogens with zero attached hydrogens (tertiary/aromatic N) is 2. The molecule has 2 aromatic carbocycles. The van der Waals surface area contributed by atoms with Gasteiger partial charge in [0, 0.05) is 17.0 Å². The van der Waals surface area contributed by atoms with Crippen LogP contribution in [0.2, 0.25) is 0 Å². The van der Waals surface area contributed by atoms with Crippen molar-refractivity contribution < 1.29 is 18.8 Å². The van der Waals surface area contributed by atoms with Gasteiger partial charge in [-0.1, -0.05) is 53.7 Å². The van der Waals surface area contributed by atoms with Crippen molar-refractivity contribution in [2.45, 2.75) is 13.0 Å². The van der Waals surface area contributed by atoms with Crippen molar-refractivity contribution in [1.29, 1.82) is 0 Å². The number of aromatic nitrogens is 3. The Morgan fingerprint density at radius 2 is 1.86 bits per heavy atom. The zero-order valence-electron chi connectivity index (χ0n) is 14.9. The number of rotatable bonds is 5. The number of H-pyrrole nitrogens is 1. The molecule has 8 nitrogen and oxygen atoms in total. The van der Waals surface area contributed by atoms with Crippen molar-refractivity contribution in [2.75, 3.05) is 5.32 Å². The summed E-state index contributed by atoms with van der Waals surface area (Å²) in [6.45, 7) is 1.71. The Balaban J connectivity index is 1.62. The highest BCUT2D eigenvalue weighted by Gasteiger charge is 2.28. The number of carbonyl (C=O) groups is 2. The molecule has 28 heavy (non-hydrogen) atoms. The quantitative estimate of drug-likeness (QED) is 0.517. The summed E-state index contributed by atoms with van der Waals surface area (Å²) in [7, 11) is 0. The smallest absolute Gasteiger partial charge is 0.360 e. The molecule has 140 valence electrons. The lowest BCUT2D eigenvalue weighted by atomic mass is 10.1. The van der Waals surface area contributed by atoms with Gasteiger partial charge in [0.25, 0.3) is 5.91 Å². The number of amides is 1. The summed E-state index contributed by atoms with van der Waals surface area (Å²) in [5, 5.41) is 13.8. The number of carbonyl (C=O) groups excluding carboxylic acids is 2. The third-order valence-corrected chi connectivity index (χ3v) is 4.11. The molecule has 0 aliphatic rings. The summed E-state index contributed by atoms with van der Waals surface area (Å²) in [6.07, 6.45) is -1.18. The van der Waals surface area contributed by atoms with E-state index >= 15 is 0 Å². The van der Waals surface area contributed by atoms with Crippen molar-refractivity contribution >= 4 is 28.6 Å². The van der Waals surface area contributed by atoms with E-state index < -0.39 is 18.0 Å². The van der Waals surface area contributed by atoms with E-state index in [9.17, 15) is 9.59 Å². The van der Waals surface area contributed by atoms with Crippen LogP contribution < -0.4 is 5.32 Å². The first-order valence-electron chi connectivity index (χ1n) is 8.55. The SMILES string of the molecule is Cc1cc(NC(=O)[C@@H](OC(=O)c2n[nH]c3ccccc23)c2ccccc2)no1. The molecule has 0 bridgehead atoms. The van der Waals surface area contributed by atoms with Gasteiger partial charge in [-0.2, -0.15) is 5.10 Å². The maximum absolute atomic E-state index is 12.8. The number of benzene rings is 2. The Hall–Kier alpha value is -3.94. The fourth-order valence-corrected chi connectivity index (χ4v) is 2.80. The van der Waals surface area contributed by atoms with Gasteiger partial charge in [-0.05, 0) is 13.0 Å². The Kier molecular flexibility index (Phi) is 4.59. The molecule has 0 aliphatic heterocycles. The minimum absolute atomic E-state index is 0.113. The summed E-state index contributed by atoms with van der Waals surface area (Å²) in [5.74, 6) is -0.471. The third-order valence-electron chi connectivity index (χ3n) is 4.11. The molecule has 0 spiro atoms. The topological polar surface area (TPSA) is 110 Å². The Morgan fingerprint density at radius 1 is 1.11 bits per heavy atom. The molecule has 2 aromatic heterocycles.